The number of anilines is 2. The van der Waals surface area contributed by atoms with Crippen molar-refractivity contribution in [3.05, 3.63) is 109 Å². The third kappa shape index (κ3) is 3.03. The Balaban J connectivity index is 1.58. The molecule has 1 aromatic heterocycles. The summed E-state index contributed by atoms with van der Waals surface area (Å²) >= 11 is 0. The summed E-state index contributed by atoms with van der Waals surface area (Å²) in [5.74, 6) is 0.581. The summed E-state index contributed by atoms with van der Waals surface area (Å²) in [5, 5.41) is 5.38. The highest BCUT2D eigenvalue weighted by Gasteiger charge is 2.32. The van der Waals surface area contributed by atoms with Gasteiger partial charge in [-0.05, 0) is 29.8 Å². The SMILES string of the molecule is C1=CC2C(c3ccnc(Nc4ccccc4)n3)=C(c3ccccc3)NN2C=C1. The molecule has 5 heteroatoms. The molecular formula is C23H19N5. The Morgan fingerprint density at radius 2 is 1.68 bits per heavy atom. The molecule has 136 valence electrons. The maximum absolute atomic E-state index is 4.81. The lowest BCUT2D eigenvalue weighted by atomic mass is 9.98. The number of fused-ring (bicyclic) bond motifs is 1. The summed E-state index contributed by atoms with van der Waals surface area (Å²) in [6.07, 6.45) is 10.1. The van der Waals surface area contributed by atoms with Gasteiger partial charge in [-0.3, -0.25) is 10.4 Å². The Labute approximate surface area is 163 Å². The number of rotatable bonds is 4. The molecular weight excluding hydrogens is 346 g/mol. The first kappa shape index (κ1) is 16.3. The first-order valence-electron chi connectivity index (χ1n) is 9.23. The Morgan fingerprint density at radius 1 is 0.893 bits per heavy atom. The van der Waals surface area contributed by atoms with E-state index in [1.165, 1.54) is 0 Å². The van der Waals surface area contributed by atoms with Gasteiger partial charge in [0.1, 0.15) is 0 Å². The maximum Gasteiger partial charge on any atom is 0.227 e. The predicted molar refractivity (Wildman–Crippen MR) is 112 cm³/mol. The van der Waals surface area contributed by atoms with Crippen molar-refractivity contribution in [3.63, 3.8) is 0 Å². The van der Waals surface area contributed by atoms with Gasteiger partial charge in [-0.1, -0.05) is 60.7 Å². The smallest absolute Gasteiger partial charge is 0.227 e. The fourth-order valence-electron chi connectivity index (χ4n) is 3.50. The highest BCUT2D eigenvalue weighted by atomic mass is 15.5. The Bertz CT molecular complexity index is 1070. The highest BCUT2D eigenvalue weighted by molar-refractivity contribution is 5.94. The van der Waals surface area contributed by atoms with Crippen molar-refractivity contribution in [2.45, 2.75) is 6.04 Å². The second-order valence-corrected chi connectivity index (χ2v) is 6.60. The summed E-state index contributed by atoms with van der Waals surface area (Å²) in [6, 6.07) is 22.3. The highest BCUT2D eigenvalue weighted by Crippen LogP contribution is 2.36. The molecule has 0 aliphatic carbocycles. The molecule has 2 aliphatic heterocycles. The average molecular weight is 365 g/mol. The van der Waals surface area contributed by atoms with Gasteiger partial charge in [0.05, 0.1) is 17.4 Å². The second-order valence-electron chi connectivity index (χ2n) is 6.60. The number of allylic oxidation sites excluding steroid dienone is 2. The Hall–Kier alpha value is -3.86. The quantitative estimate of drug-likeness (QED) is 0.719. The molecule has 28 heavy (non-hydrogen) atoms. The van der Waals surface area contributed by atoms with Crippen molar-refractivity contribution in [1.82, 2.24) is 20.4 Å². The number of nitrogens with zero attached hydrogens (tertiary/aromatic N) is 3. The number of hydrazine groups is 1. The standard InChI is InChI=1S/C23H19N5/c1-3-9-17(10-4-1)22-21(20-13-7-8-16-28(20)27-22)19-14-15-24-23(26-19)25-18-11-5-2-6-12-18/h1-16,20,27H,(H,24,25,26). The van der Waals surface area contributed by atoms with Gasteiger partial charge in [0.25, 0.3) is 0 Å². The van der Waals surface area contributed by atoms with Crippen LogP contribution in [0, 0.1) is 0 Å². The fraction of sp³-hybridized carbons (Fsp3) is 0.0435. The van der Waals surface area contributed by atoms with E-state index < -0.39 is 0 Å². The summed E-state index contributed by atoms with van der Waals surface area (Å²) in [4.78, 5) is 9.21. The van der Waals surface area contributed by atoms with E-state index >= 15 is 0 Å². The predicted octanol–water partition coefficient (Wildman–Crippen LogP) is 4.36. The Morgan fingerprint density at radius 3 is 2.50 bits per heavy atom. The molecule has 1 unspecified atom stereocenters. The van der Waals surface area contributed by atoms with E-state index in [-0.39, 0.29) is 6.04 Å². The van der Waals surface area contributed by atoms with E-state index in [2.05, 4.69) is 45.0 Å². The zero-order chi connectivity index (χ0) is 18.8. The zero-order valence-corrected chi connectivity index (χ0v) is 15.2. The van der Waals surface area contributed by atoms with Gasteiger partial charge in [-0.15, -0.1) is 0 Å². The van der Waals surface area contributed by atoms with Crippen molar-refractivity contribution < 1.29 is 0 Å². The molecule has 5 rings (SSSR count). The molecule has 0 amide bonds. The molecule has 0 saturated carbocycles. The van der Waals surface area contributed by atoms with Crippen LogP contribution >= 0.6 is 0 Å². The van der Waals surface area contributed by atoms with Gasteiger partial charge in [0.2, 0.25) is 5.95 Å². The van der Waals surface area contributed by atoms with Gasteiger partial charge in [-0.2, -0.15) is 0 Å². The molecule has 3 heterocycles. The second kappa shape index (κ2) is 7.04. The van der Waals surface area contributed by atoms with Crippen LogP contribution in [-0.4, -0.2) is 21.0 Å². The molecule has 0 saturated heterocycles. The molecule has 2 aromatic carbocycles. The first-order chi connectivity index (χ1) is 13.9. The van der Waals surface area contributed by atoms with Crippen LogP contribution in [0.4, 0.5) is 11.6 Å². The average Bonchev–Trinajstić information content (AvgIpc) is 3.15. The number of aromatic nitrogens is 2. The monoisotopic (exact) mass is 365 g/mol. The number of para-hydroxylation sites is 1. The lowest BCUT2D eigenvalue weighted by Crippen LogP contribution is -2.34. The van der Waals surface area contributed by atoms with Crippen LogP contribution in [0.25, 0.3) is 11.3 Å². The van der Waals surface area contributed by atoms with E-state index in [1.54, 1.807) is 6.20 Å². The van der Waals surface area contributed by atoms with Crippen LogP contribution in [0.15, 0.2) is 97.4 Å². The van der Waals surface area contributed by atoms with Crippen molar-refractivity contribution in [2.24, 2.45) is 0 Å². The minimum Gasteiger partial charge on any atom is -0.324 e. The van der Waals surface area contributed by atoms with Crippen molar-refractivity contribution in [1.29, 1.82) is 0 Å². The van der Waals surface area contributed by atoms with Crippen LogP contribution in [0.1, 0.15) is 11.3 Å². The summed E-state index contributed by atoms with van der Waals surface area (Å²) < 4.78 is 0. The molecule has 3 aromatic rings. The first-order valence-corrected chi connectivity index (χ1v) is 9.23. The molecule has 0 bridgehead atoms. The minimum absolute atomic E-state index is 0.0830. The number of benzene rings is 2. The van der Waals surface area contributed by atoms with Crippen molar-refractivity contribution >= 4 is 22.9 Å². The third-order valence-electron chi connectivity index (χ3n) is 4.78. The van der Waals surface area contributed by atoms with Gasteiger partial charge in [-0.25, -0.2) is 9.97 Å². The van der Waals surface area contributed by atoms with Gasteiger partial charge < -0.3 is 5.32 Å². The van der Waals surface area contributed by atoms with E-state index in [4.69, 9.17) is 4.98 Å². The largest absolute Gasteiger partial charge is 0.324 e. The van der Waals surface area contributed by atoms with Crippen molar-refractivity contribution in [2.75, 3.05) is 5.32 Å². The molecule has 1 atom stereocenters. The minimum atomic E-state index is 0.0830. The molecule has 0 spiro atoms. The summed E-state index contributed by atoms with van der Waals surface area (Å²) in [7, 11) is 0. The molecule has 2 N–H and O–H groups in total. The zero-order valence-electron chi connectivity index (χ0n) is 15.2. The summed E-state index contributed by atoms with van der Waals surface area (Å²) in [5.41, 5.74) is 8.70. The Kier molecular flexibility index (Phi) is 4.10. The number of hydrogen-bond acceptors (Lipinski definition) is 5. The summed E-state index contributed by atoms with van der Waals surface area (Å²) in [6.45, 7) is 0. The lowest BCUT2D eigenvalue weighted by Gasteiger charge is -2.24. The van der Waals surface area contributed by atoms with E-state index in [9.17, 15) is 0 Å². The molecule has 0 fully saturated rings. The number of nitrogens with one attached hydrogen (secondary N) is 2. The van der Waals surface area contributed by atoms with Crippen LogP contribution < -0.4 is 10.7 Å². The van der Waals surface area contributed by atoms with Crippen molar-refractivity contribution in [3.8, 4) is 0 Å². The molecule has 5 nitrogen and oxygen atoms in total. The maximum atomic E-state index is 4.81. The topological polar surface area (TPSA) is 53.1 Å². The normalized spacial score (nSPS) is 17.4. The van der Waals surface area contributed by atoms with E-state index in [0.717, 1.165) is 28.2 Å². The van der Waals surface area contributed by atoms with Crippen LogP contribution in [0.3, 0.4) is 0 Å². The molecule has 2 aliphatic rings. The third-order valence-corrected chi connectivity index (χ3v) is 4.78. The van der Waals surface area contributed by atoms with E-state index in [0.29, 0.717) is 5.95 Å². The number of hydrogen-bond donors (Lipinski definition) is 2. The van der Waals surface area contributed by atoms with Gasteiger partial charge in [0.15, 0.2) is 0 Å². The fourth-order valence-corrected chi connectivity index (χ4v) is 3.50. The molecule has 0 radical (unpaired) electrons. The van der Waals surface area contributed by atoms with Gasteiger partial charge >= 0.3 is 0 Å². The lowest BCUT2D eigenvalue weighted by molar-refractivity contribution is 0.333. The van der Waals surface area contributed by atoms with Crippen LogP contribution in [-0.2, 0) is 0 Å². The van der Waals surface area contributed by atoms with Crippen LogP contribution in [0.2, 0.25) is 0 Å². The van der Waals surface area contributed by atoms with Gasteiger partial charge in [0, 0.05) is 23.7 Å². The van der Waals surface area contributed by atoms with Crippen LogP contribution in [0.5, 0.6) is 0 Å². The van der Waals surface area contributed by atoms with E-state index in [1.807, 2.05) is 66.9 Å².